The van der Waals surface area contributed by atoms with Crippen molar-refractivity contribution in [3.05, 3.63) is 72.8 Å². The highest BCUT2D eigenvalue weighted by Crippen LogP contribution is 2.40. The van der Waals surface area contributed by atoms with E-state index in [0.29, 0.717) is 0 Å². The maximum atomic E-state index is 6.22. The molecule has 0 aromatic heterocycles. The Hall–Kier alpha value is -3.00. The van der Waals surface area contributed by atoms with Crippen LogP contribution in [0.15, 0.2) is 72.8 Å². The molecular formula is C32H38O2. The van der Waals surface area contributed by atoms with Gasteiger partial charge in [0.1, 0.15) is 11.5 Å². The number of benzene rings is 4. The smallest absolute Gasteiger partial charge is 0.127 e. The van der Waals surface area contributed by atoms with E-state index in [4.69, 9.17) is 9.47 Å². The molecule has 0 bridgehead atoms. The summed E-state index contributed by atoms with van der Waals surface area (Å²) in [5.74, 6) is 1.96. The molecule has 0 heterocycles. The van der Waals surface area contributed by atoms with Gasteiger partial charge in [-0.25, -0.2) is 0 Å². The fourth-order valence-corrected chi connectivity index (χ4v) is 4.69. The average Bonchev–Trinajstić information content (AvgIpc) is 2.88. The van der Waals surface area contributed by atoms with Crippen LogP contribution in [0.3, 0.4) is 0 Å². The van der Waals surface area contributed by atoms with E-state index in [9.17, 15) is 0 Å². The van der Waals surface area contributed by atoms with E-state index in [1.807, 2.05) is 0 Å². The van der Waals surface area contributed by atoms with Crippen LogP contribution in [0.1, 0.15) is 65.2 Å². The Balaban J connectivity index is 1.64. The number of hydrogen-bond acceptors (Lipinski definition) is 2. The Bertz CT molecular complexity index is 1100. The number of hydrogen-bond donors (Lipinski definition) is 0. The summed E-state index contributed by atoms with van der Waals surface area (Å²) in [5, 5.41) is 4.81. The van der Waals surface area contributed by atoms with Crippen LogP contribution in [0.5, 0.6) is 11.5 Å². The highest BCUT2D eigenvalue weighted by Gasteiger charge is 2.13. The lowest BCUT2D eigenvalue weighted by atomic mass is 9.93. The minimum Gasteiger partial charge on any atom is -0.493 e. The number of fused-ring (bicyclic) bond motifs is 2. The second-order valence-electron chi connectivity index (χ2n) is 9.13. The van der Waals surface area contributed by atoms with Crippen LogP contribution in [-0.2, 0) is 0 Å². The van der Waals surface area contributed by atoms with E-state index in [0.717, 1.165) is 37.6 Å². The van der Waals surface area contributed by atoms with E-state index in [-0.39, 0.29) is 0 Å². The summed E-state index contributed by atoms with van der Waals surface area (Å²) in [7, 11) is 0. The molecular weight excluding hydrogens is 416 g/mol. The van der Waals surface area contributed by atoms with Gasteiger partial charge in [0.25, 0.3) is 0 Å². The zero-order valence-electron chi connectivity index (χ0n) is 20.8. The molecule has 0 aliphatic carbocycles. The molecule has 0 spiro atoms. The van der Waals surface area contributed by atoms with Crippen LogP contribution in [0, 0.1) is 0 Å². The number of rotatable bonds is 13. The molecule has 4 aromatic rings. The van der Waals surface area contributed by atoms with Crippen molar-refractivity contribution in [2.75, 3.05) is 13.2 Å². The third kappa shape index (κ3) is 5.73. The van der Waals surface area contributed by atoms with Crippen LogP contribution in [0.25, 0.3) is 32.7 Å². The van der Waals surface area contributed by atoms with Crippen molar-refractivity contribution in [1.82, 2.24) is 0 Å². The largest absolute Gasteiger partial charge is 0.493 e. The van der Waals surface area contributed by atoms with Gasteiger partial charge in [0.15, 0.2) is 0 Å². The second kappa shape index (κ2) is 12.5. The first-order valence-electron chi connectivity index (χ1n) is 13.1. The normalized spacial score (nSPS) is 11.2. The molecule has 0 amide bonds. The first-order chi connectivity index (χ1) is 16.8. The molecule has 2 nitrogen and oxygen atoms in total. The third-order valence-electron chi connectivity index (χ3n) is 6.57. The highest BCUT2D eigenvalue weighted by atomic mass is 16.5. The standard InChI is InChI=1S/C32H38O2/c1-3-5-7-13-23-33-31-21-19-27(25-15-9-11-17-29(25)31)28-20-22-32(34-24-14-8-6-4-2)30-18-12-10-16-26(28)30/h9-12,15-22H,3-8,13-14,23-24H2,1-2H3. The molecule has 4 rings (SSSR count). The Morgan fingerprint density at radius 2 is 0.853 bits per heavy atom. The van der Waals surface area contributed by atoms with Crippen molar-refractivity contribution in [3.8, 4) is 22.6 Å². The first-order valence-corrected chi connectivity index (χ1v) is 13.1. The SMILES string of the molecule is CCCCCCOc1ccc(-c2ccc(OCCCCCC)c3ccccc23)c2ccccc12. The lowest BCUT2D eigenvalue weighted by Gasteiger charge is -2.16. The van der Waals surface area contributed by atoms with Crippen molar-refractivity contribution in [1.29, 1.82) is 0 Å². The Morgan fingerprint density at radius 3 is 1.26 bits per heavy atom. The molecule has 0 saturated heterocycles. The molecule has 4 aromatic carbocycles. The quantitative estimate of drug-likeness (QED) is 0.187. The average molecular weight is 455 g/mol. The maximum Gasteiger partial charge on any atom is 0.127 e. The summed E-state index contributed by atoms with van der Waals surface area (Å²) in [5.41, 5.74) is 2.47. The Labute approximate surface area is 204 Å². The van der Waals surface area contributed by atoms with Gasteiger partial charge in [-0.3, -0.25) is 0 Å². The molecule has 0 radical (unpaired) electrons. The first kappa shape index (κ1) is 24.1. The lowest BCUT2D eigenvalue weighted by molar-refractivity contribution is 0.308. The minimum atomic E-state index is 0.774. The van der Waals surface area contributed by atoms with Crippen LogP contribution in [-0.4, -0.2) is 13.2 Å². The van der Waals surface area contributed by atoms with Gasteiger partial charge in [-0.15, -0.1) is 0 Å². The van der Waals surface area contributed by atoms with Crippen LogP contribution in [0.2, 0.25) is 0 Å². The van der Waals surface area contributed by atoms with Gasteiger partial charge in [0.05, 0.1) is 13.2 Å². The molecule has 178 valence electrons. The van der Waals surface area contributed by atoms with E-state index >= 15 is 0 Å². The molecule has 0 aliphatic heterocycles. The maximum absolute atomic E-state index is 6.22. The third-order valence-corrected chi connectivity index (χ3v) is 6.57. The van der Waals surface area contributed by atoms with Crippen molar-refractivity contribution < 1.29 is 9.47 Å². The lowest BCUT2D eigenvalue weighted by Crippen LogP contribution is -1.99. The molecule has 0 N–H and O–H groups in total. The monoisotopic (exact) mass is 454 g/mol. The van der Waals surface area contributed by atoms with Gasteiger partial charge in [-0.05, 0) is 46.9 Å². The summed E-state index contributed by atoms with van der Waals surface area (Å²) in [6, 6.07) is 25.9. The van der Waals surface area contributed by atoms with E-state index in [1.165, 1.54) is 71.2 Å². The van der Waals surface area contributed by atoms with Gasteiger partial charge in [-0.2, -0.15) is 0 Å². The summed E-state index contributed by atoms with van der Waals surface area (Å²) >= 11 is 0. The van der Waals surface area contributed by atoms with Crippen molar-refractivity contribution in [2.24, 2.45) is 0 Å². The molecule has 0 fully saturated rings. The summed E-state index contributed by atoms with van der Waals surface area (Å²) in [4.78, 5) is 0. The van der Waals surface area contributed by atoms with Gasteiger partial charge in [-0.1, -0.05) is 113 Å². The summed E-state index contributed by atoms with van der Waals surface area (Å²) in [6.07, 6.45) is 9.70. The van der Waals surface area contributed by atoms with Crippen molar-refractivity contribution in [2.45, 2.75) is 65.2 Å². The number of ether oxygens (including phenoxy) is 2. The fourth-order valence-electron chi connectivity index (χ4n) is 4.69. The van der Waals surface area contributed by atoms with Gasteiger partial charge in [0.2, 0.25) is 0 Å². The zero-order valence-corrected chi connectivity index (χ0v) is 20.8. The van der Waals surface area contributed by atoms with Gasteiger partial charge in [0, 0.05) is 10.8 Å². The highest BCUT2D eigenvalue weighted by molar-refractivity contribution is 6.08. The predicted molar refractivity (Wildman–Crippen MR) is 146 cm³/mol. The molecule has 2 heteroatoms. The summed E-state index contributed by atoms with van der Waals surface area (Å²) in [6.45, 7) is 6.03. The Kier molecular flexibility index (Phi) is 8.84. The molecule has 0 saturated carbocycles. The molecule has 0 aliphatic rings. The minimum absolute atomic E-state index is 0.774. The molecule has 0 atom stereocenters. The van der Waals surface area contributed by atoms with E-state index in [2.05, 4.69) is 86.6 Å². The molecule has 0 unspecified atom stereocenters. The second-order valence-corrected chi connectivity index (χ2v) is 9.13. The van der Waals surface area contributed by atoms with Gasteiger partial charge < -0.3 is 9.47 Å². The van der Waals surface area contributed by atoms with Crippen LogP contribution < -0.4 is 9.47 Å². The predicted octanol–water partition coefficient (Wildman–Crippen LogP) is 9.58. The molecule has 34 heavy (non-hydrogen) atoms. The van der Waals surface area contributed by atoms with Gasteiger partial charge >= 0.3 is 0 Å². The topological polar surface area (TPSA) is 18.5 Å². The fraction of sp³-hybridized carbons (Fsp3) is 0.375. The van der Waals surface area contributed by atoms with Crippen molar-refractivity contribution >= 4 is 21.5 Å². The summed E-state index contributed by atoms with van der Waals surface area (Å²) < 4.78 is 12.4. The zero-order chi connectivity index (χ0) is 23.6. The van der Waals surface area contributed by atoms with E-state index < -0.39 is 0 Å². The van der Waals surface area contributed by atoms with E-state index in [1.54, 1.807) is 0 Å². The Morgan fingerprint density at radius 1 is 0.441 bits per heavy atom. The van der Waals surface area contributed by atoms with Crippen LogP contribution in [0.4, 0.5) is 0 Å². The van der Waals surface area contributed by atoms with Crippen molar-refractivity contribution in [3.63, 3.8) is 0 Å². The van der Waals surface area contributed by atoms with Crippen LogP contribution >= 0.6 is 0 Å². The number of unbranched alkanes of at least 4 members (excludes halogenated alkanes) is 6.